The minimum atomic E-state index is -0.381. The van der Waals surface area contributed by atoms with Crippen molar-refractivity contribution < 1.29 is 15.0 Å². The second kappa shape index (κ2) is 8.82. The first-order chi connectivity index (χ1) is 11.8. The summed E-state index contributed by atoms with van der Waals surface area (Å²) in [6, 6.07) is 7.93. The molecule has 2 rings (SSSR count). The van der Waals surface area contributed by atoms with E-state index in [1.807, 2.05) is 6.92 Å². The highest BCUT2D eigenvalue weighted by Crippen LogP contribution is 2.30. The fourth-order valence-electron chi connectivity index (χ4n) is 1.97. The molecule has 2 aromatic rings. The summed E-state index contributed by atoms with van der Waals surface area (Å²) < 4.78 is 2.08. The third-order valence-corrected chi connectivity index (χ3v) is 4.84. The lowest BCUT2D eigenvalue weighted by molar-refractivity contribution is 0.0949. The summed E-state index contributed by atoms with van der Waals surface area (Å²) in [5.74, 6) is -0.364. The molecule has 0 spiro atoms. The van der Waals surface area contributed by atoms with Crippen molar-refractivity contribution in [3.63, 3.8) is 0 Å². The van der Waals surface area contributed by atoms with E-state index in [0.717, 1.165) is 4.47 Å². The van der Waals surface area contributed by atoms with Crippen LogP contribution in [0.25, 0.3) is 0 Å². The maximum absolute atomic E-state index is 12.1. The molecule has 0 radical (unpaired) electrons. The Morgan fingerprint density at radius 3 is 2.64 bits per heavy atom. The number of aromatic hydroxyl groups is 2. The summed E-state index contributed by atoms with van der Waals surface area (Å²) in [6.07, 6.45) is 1.55. The first kappa shape index (κ1) is 19.9. The predicted molar refractivity (Wildman–Crippen MR) is 109 cm³/mol. The van der Waals surface area contributed by atoms with Gasteiger partial charge in [-0.3, -0.25) is 9.79 Å². The predicted octanol–water partition coefficient (Wildman–Crippen LogP) is 4.62. The van der Waals surface area contributed by atoms with Gasteiger partial charge < -0.3 is 15.5 Å². The number of phenolic OH excluding ortho intramolecular Hbond substituents is 2. The molecule has 0 heterocycles. The number of hydrogen-bond donors (Lipinski definition) is 3. The van der Waals surface area contributed by atoms with E-state index in [0.29, 0.717) is 14.5 Å². The SMILES string of the molecule is CC(CNC(=O)c1cc(Br)ccc1O)N=Cc1cc(Br)cc(Br)c1O. The number of benzene rings is 2. The lowest BCUT2D eigenvalue weighted by Crippen LogP contribution is -2.30. The van der Waals surface area contributed by atoms with Crippen LogP contribution in [0.5, 0.6) is 11.5 Å². The van der Waals surface area contributed by atoms with Crippen molar-refractivity contribution >= 4 is 59.9 Å². The summed E-state index contributed by atoms with van der Waals surface area (Å²) in [7, 11) is 0. The Morgan fingerprint density at radius 2 is 1.92 bits per heavy atom. The molecule has 0 aliphatic rings. The van der Waals surface area contributed by atoms with Crippen molar-refractivity contribution in [2.75, 3.05) is 6.54 Å². The molecule has 0 aliphatic carbocycles. The average Bonchev–Trinajstić information content (AvgIpc) is 2.56. The molecule has 0 saturated heterocycles. The lowest BCUT2D eigenvalue weighted by atomic mass is 10.2. The van der Waals surface area contributed by atoms with Crippen LogP contribution in [-0.2, 0) is 0 Å². The van der Waals surface area contributed by atoms with Gasteiger partial charge in [-0.15, -0.1) is 0 Å². The lowest BCUT2D eigenvalue weighted by Gasteiger charge is -2.10. The Kier molecular flexibility index (Phi) is 7.04. The van der Waals surface area contributed by atoms with Crippen molar-refractivity contribution in [2.24, 2.45) is 4.99 Å². The van der Waals surface area contributed by atoms with E-state index >= 15 is 0 Å². The van der Waals surface area contributed by atoms with E-state index in [1.165, 1.54) is 6.07 Å². The minimum absolute atomic E-state index is 0.0826. The number of hydrogen-bond acceptors (Lipinski definition) is 4. The van der Waals surface area contributed by atoms with Crippen LogP contribution < -0.4 is 5.32 Å². The molecule has 1 atom stereocenters. The van der Waals surface area contributed by atoms with Gasteiger partial charge >= 0.3 is 0 Å². The molecule has 2 aromatic carbocycles. The normalized spacial score (nSPS) is 12.3. The van der Waals surface area contributed by atoms with Crippen molar-refractivity contribution in [3.8, 4) is 11.5 Å². The highest BCUT2D eigenvalue weighted by Gasteiger charge is 2.12. The van der Waals surface area contributed by atoms with E-state index in [4.69, 9.17) is 0 Å². The van der Waals surface area contributed by atoms with E-state index in [9.17, 15) is 15.0 Å². The molecule has 0 saturated carbocycles. The summed E-state index contributed by atoms with van der Waals surface area (Å²) in [6.45, 7) is 2.12. The highest BCUT2D eigenvalue weighted by atomic mass is 79.9. The number of aliphatic imine (C=N–C) groups is 1. The van der Waals surface area contributed by atoms with Crippen LogP contribution in [0, 0.1) is 0 Å². The van der Waals surface area contributed by atoms with Gasteiger partial charge in [-0.2, -0.15) is 0 Å². The summed E-state index contributed by atoms with van der Waals surface area (Å²) in [5.41, 5.74) is 0.753. The van der Waals surface area contributed by atoms with Gasteiger partial charge in [0, 0.05) is 27.3 Å². The van der Waals surface area contributed by atoms with Crippen molar-refractivity contribution in [3.05, 3.63) is 54.9 Å². The van der Waals surface area contributed by atoms with Gasteiger partial charge in [0.2, 0.25) is 0 Å². The van der Waals surface area contributed by atoms with Crippen LogP contribution in [0.1, 0.15) is 22.8 Å². The molecule has 0 bridgehead atoms. The first-order valence-corrected chi connectivity index (χ1v) is 9.63. The Balaban J connectivity index is 2.00. The first-order valence-electron chi connectivity index (χ1n) is 7.26. The van der Waals surface area contributed by atoms with Gasteiger partial charge in [0.25, 0.3) is 5.91 Å². The number of carbonyl (C=O) groups is 1. The van der Waals surface area contributed by atoms with Crippen LogP contribution in [-0.4, -0.2) is 34.9 Å². The number of phenols is 2. The van der Waals surface area contributed by atoms with Gasteiger partial charge in [-0.1, -0.05) is 31.9 Å². The van der Waals surface area contributed by atoms with Gasteiger partial charge in [0.15, 0.2) is 0 Å². The maximum atomic E-state index is 12.1. The second-order valence-corrected chi connectivity index (χ2v) is 8.01. The third kappa shape index (κ3) is 5.55. The van der Waals surface area contributed by atoms with Crippen LogP contribution >= 0.6 is 47.8 Å². The number of halogens is 3. The summed E-state index contributed by atoms with van der Waals surface area (Å²) in [4.78, 5) is 16.5. The fraction of sp³-hybridized carbons (Fsp3) is 0.176. The van der Waals surface area contributed by atoms with Crippen LogP contribution in [0.4, 0.5) is 0 Å². The molecule has 132 valence electrons. The second-order valence-electron chi connectivity index (χ2n) is 5.32. The summed E-state index contributed by atoms with van der Waals surface area (Å²) in [5, 5.41) is 22.5. The van der Waals surface area contributed by atoms with E-state index in [1.54, 1.807) is 30.5 Å². The molecule has 3 N–H and O–H groups in total. The summed E-state index contributed by atoms with van der Waals surface area (Å²) >= 11 is 9.89. The van der Waals surface area contributed by atoms with E-state index < -0.39 is 0 Å². The number of carbonyl (C=O) groups excluding carboxylic acids is 1. The van der Waals surface area contributed by atoms with Gasteiger partial charge in [0.1, 0.15) is 11.5 Å². The smallest absolute Gasteiger partial charge is 0.255 e. The minimum Gasteiger partial charge on any atom is -0.507 e. The largest absolute Gasteiger partial charge is 0.507 e. The average molecular weight is 535 g/mol. The zero-order valence-corrected chi connectivity index (χ0v) is 17.9. The standard InChI is InChI=1S/C17H15Br3N2O3/c1-9(21-8-10-4-12(19)6-14(20)16(10)24)7-22-17(25)13-5-11(18)2-3-15(13)23/h2-6,8-9,23-24H,7H2,1H3,(H,22,25). The molecule has 8 heteroatoms. The van der Waals surface area contributed by atoms with E-state index in [2.05, 4.69) is 58.1 Å². The van der Waals surface area contributed by atoms with Crippen molar-refractivity contribution in [1.29, 1.82) is 0 Å². The number of nitrogens with one attached hydrogen (secondary N) is 1. The van der Waals surface area contributed by atoms with Crippen molar-refractivity contribution in [2.45, 2.75) is 13.0 Å². The molecule has 0 aromatic heterocycles. The number of rotatable bonds is 5. The van der Waals surface area contributed by atoms with Gasteiger partial charge in [0.05, 0.1) is 16.1 Å². The Morgan fingerprint density at radius 1 is 1.20 bits per heavy atom. The number of nitrogens with zero attached hydrogens (tertiary/aromatic N) is 1. The van der Waals surface area contributed by atoms with Crippen molar-refractivity contribution in [1.82, 2.24) is 5.32 Å². The molecule has 1 amide bonds. The Hall–Kier alpha value is -1.38. The van der Waals surface area contributed by atoms with Crippen LogP contribution in [0.3, 0.4) is 0 Å². The quantitative estimate of drug-likeness (QED) is 0.489. The van der Waals surface area contributed by atoms with Crippen LogP contribution in [0.2, 0.25) is 0 Å². The molecule has 5 nitrogen and oxygen atoms in total. The molecule has 1 unspecified atom stereocenters. The Labute approximate surface area is 170 Å². The molecule has 0 fully saturated rings. The molecular formula is C17H15Br3N2O3. The highest BCUT2D eigenvalue weighted by molar-refractivity contribution is 9.11. The monoisotopic (exact) mass is 532 g/mol. The van der Waals surface area contributed by atoms with Gasteiger partial charge in [-0.25, -0.2) is 0 Å². The maximum Gasteiger partial charge on any atom is 0.255 e. The third-order valence-electron chi connectivity index (χ3n) is 3.29. The molecule has 25 heavy (non-hydrogen) atoms. The molecule has 0 aliphatic heterocycles. The number of amides is 1. The van der Waals surface area contributed by atoms with Crippen LogP contribution in [0.15, 0.2) is 48.7 Å². The van der Waals surface area contributed by atoms with Gasteiger partial charge in [-0.05, 0) is 53.2 Å². The van der Waals surface area contributed by atoms with E-state index in [-0.39, 0.29) is 35.6 Å². The fourth-order valence-corrected chi connectivity index (χ4v) is 3.59. The zero-order valence-electron chi connectivity index (χ0n) is 13.1. The topological polar surface area (TPSA) is 81.9 Å². The Bertz CT molecular complexity index is 825. The zero-order chi connectivity index (χ0) is 18.6. The molecular weight excluding hydrogens is 520 g/mol.